The van der Waals surface area contributed by atoms with Crippen LogP contribution in [0.3, 0.4) is 0 Å². The van der Waals surface area contributed by atoms with Crippen molar-refractivity contribution in [3.8, 4) is 0 Å². The van der Waals surface area contributed by atoms with Crippen molar-refractivity contribution in [3.63, 3.8) is 0 Å². The molecule has 0 aromatic carbocycles. The number of fused-ring (bicyclic) bond motifs is 1. The van der Waals surface area contributed by atoms with Crippen LogP contribution in [0.15, 0.2) is 0 Å². The van der Waals surface area contributed by atoms with Crippen LogP contribution in [0.25, 0.3) is 11.2 Å². The first kappa shape index (κ1) is 14.1. The molecule has 3 heterocycles. The minimum atomic E-state index is -0.649. The summed E-state index contributed by atoms with van der Waals surface area (Å²) in [5, 5.41) is 4.46. The number of imidazole rings is 1. The fraction of sp³-hybridized carbons (Fsp3) is 0.692. The smallest absolute Gasteiger partial charge is 0.158 e. The average molecular weight is 315 g/mol. The second-order valence-electron chi connectivity index (χ2n) is 5.30. The van der Waals surface area contributed by atoms with E-state index in [9.17, 15) is 4.21 Å². The van der Waals surface area contributed by atoms with E-state index in [4.69, 9.17) is 16.6 Å². The van der Waals surface area contributed by atoms with E-state index < -0.39 is 10.8 Å². The molecule has 5 nitrogen and oxygen atoms in total. The Labute approximate surface area is 125 Å². The highest BCUT2D eigenvalue weighted by Crippen LogP contribution is 2.30. The molecule has 7 heteroatoms. The number of aryl methyl sites for hydroxylation is 3. The molecule has 2 aromatic rings. The van der Waals surface area contributed by atoms with E-state index in [2.05, 4.69) is 9.67 Å². The third-order valence-corrected chi connectivity index (χ3v) is 5.52. The molecule has 1 saturated heterocycles. The monoisotopic (exact) mass is 314 g/mol. The highest BCUT2D eigenvalue weighted by molar-refractivity contribution is 7.85. The van der Waals surface area contributed by atoms with Crippen molar-refractivity contribution >= 4 is 33.6 Å². The fourth-order valence-corrected chi connectivity index (χ4v) is 4.47. The highest BCUT2D eigenvalue weighted by atomic mass is 35.5. The largest absolute Gasteiger partial charge is 0.310 e. The van der Waals surface area contributed by atoms with E-state index in [1.165, 1.54) is 0 Å². The molecule has 1 aliphatic heterocycles. The molecule has 0 N–H and O–H groups in total. The molecule has 0 aliphatic carbocycles. The Morgan fingerprint density at radius 3 is 2.75 bits per heavy atom. The number of alkyl halides is 1. The number of halogens is 1. The van der Waals surface area contributed by atoms with Gasteiger partial charge < -0.3 is 4.57 Å². The van der Waals surface area contributed by atoms with Gasteiger partial charge in [0.2, 0.25) is 0 Å². The van der Waals surface area contributed by atoms with Gasteiger partial charge in [-0.3, -0.25) is 8.89 Å². The minimum absolute atomic E-state index is 0.366. The topological polar surface area (TPSA) is 52.7 Å². The average Bonchev–Trinajstić information content (AvgIpc) is 2.91. The second-order valence-corrected chi connectivity index (χ2v) is 7.37. The number of nitrogens with zero attached hydrogens (tertiary/aromatic N) is 4. The maximum absolute atomic E-state index is 11.6. The van der Waals surface area contributed by atoms with Crippen LogP contribution in [0.2, 0.25) is 0 Å². The summed E-state index contributed by atoms with van der Waals surface area (Å²) in [6, 6.07) is 0.366. The molecule has 3 rings (SSSR count). The second kappa shape index (κ2) is 5.48. The summed E-state index contributed by atoms with van der Waals surface area (Å²) in [5.74, 6) is 3.15. The van der Waals surface area contributed by atoms with Gasteiger partial charge in [-0.05, 0) is 19.8 Å². The summed E-state index contributed by atoms with van der Waals surface area (Å²) < 4.78 is 15.8. The molecule has 0 unspecified atom stereocenters. The first-order chi connectivity index (χ1) is 9.61. The number of aromatic nitrogens is 4. The standard InChI is InChI=1S/C13H19ClN4OS/c1-9-12-13(17(2)16-9)18(11(15-12)3-6-14)10-4-7-20(19)8-5-10/h10H,3-8H2,1-2H3. The predicted octanol–water partition coefficient (Wildman–Crippen LogP) is 1.94. The number of rotatable bonds is 3. The summed E-state index contributed by atoms with van der Waals surface area (Å²) in [4.78, 5) is 4.74. The molecule has 20 heavy (non-hydrogen) atoms. The van der Waals surface area contributed by atoms with Crippen LogP contribution in [-0.2, 0) is 24.3 Å². The van der Waals surface area contributed by atoms with E-state index in [1.54, 1.807) is 0 Å². The number of hydrogen-bond acceptors (Lipinski definition) is 3. The van der Waals surface area contributed by atoms with E-state index in [0.29, 0.717) is 11.9 Å². The van der Waals surface area contributed by atoms with Crippen LogP contribution < -0.4 is 0 Å². The normalized spacial score (nSPS) is 23.6. The summed E-state index contributed by atoms with van der Waals surface area (Å²) in [6.45, 7) is 1.99. The molecule has 1 aliphatic rings. The van der Waals surface area contributed by atoms with Crippen LogP contribution in [0.5, 0.6) is 0 Å². The van der Waals surface area contributed by atoms with E-state index in [-0.39, 0.29) is 0 Å². The summed E-state index contributed by atoms with van der Waals surface area (Å²) in [5.41, 5.74) is 3.00. The number of hydrogen-bond donors (Lipinski definition) is 0. The Hall–Kier alpha value is -0.880. The Kier molecular flexibility index (Phi) is 3.86. The molecule has 0 amide bonds. The maximum atomic E-state index is 11.6. The zero-order chi connectivity index (χ0) is 14.3. The summed E-state index contributed by atoms with van der Waals surface area (Å²) in [7, 11) is 1.31. The molecular weight excluding hydrogens is 296 g/mol. The van der Waals surface area contributed by atoms with Gasteiger partial charge in [-0.1, -0.05) is 0 Å². The lowest BCUT2D eigenvalue weighted by Crippen LogP contribution is -2.24. The molecule has 0 saturated carbocycles. The summed E-state index contributed by atoms with van der Waals surface area (Å²) in [6.07, 6.45) is 2.64. The Bertz CT molecular complexity index is 653. The van der Waals surface area contributed by atoms with Gasteiger partial charge in [0, 0.05) is 47.7 Å². The maximum Gasteiger partial charge on any atom is 0.158 e. The van der Waals surface area contributed by atoms with E-state index >= 15 is 0 Å². The van der Waals surface area contributed by atoms with Crippen molar-refractivity contribution in [1.29, 1.82) is 0 Å². The lowest BCUT2D eigenvalue weighted by Gasteiger charge is -2.25. The first-order valence-corrected chi connectivity index (χ1v) is 8.95. The van der Waals surface area contributed by atoms with Crippen molar-refractivity contribution in [2.75, 3.05) is 17.4 Å². The van der Waals surface area contributed by atoms with Crippen molar-refractivity contribution < 1.29 is 4.21 Å². The van der Waals surface area contributed by atoms with E-state index in [0.717, 1.165) is 53.5 Å². The van der Waals surface area contributed by atoms with Crippen LogP contribution in [0.1, 0.15) is 30.4 Å². The molecular formula is C13H19ClN4OS. The van der Waals surface area contributed by atoms with Gasteiger partial charge >= 0.3 is 0 Å². The summed E-state index contributed by atoms with van der Waals surface area (Å²) >= 11 is 5.92. The van der Waals surface area contributed by atoms with Crippen LogP contribution in [-0.4, -0.2) is 40.9 Å². The predicted molar refractivity (Wildman–Crippen MR) is 81.8 cm³/mol. The van der Waals surface area contributed by atoms with Crippen molar-refractivity contribution in [2.45, 2.75) is 32.2 Å². The minimum Gasteiger partial charge on any atom is -0.310 e. The van der Waals surface area contributed by atoms with Gasteiger partial charge in [-0.2, -0.15) is 5.10 Å². The third-order valence-electron chi connectivity index (χ3n) is 3.95. The molecule has 0 atom stereocenters. The zero-order valence-electron chi connectivity index (χ0n) is 11.8. The zero-order valence-corrected chi connectivity index (χ0v) is 13.4. The van der Waals surface area contributed by atoms with Crippen molar-refractivity contribution in [1.82, 2.24) is 19.3 Å². The Morgan fingerprint density at radius 2 is 2.10 bits per heavy atom. The van der Waals surface area contributed by atoms with Gasteiger partial charge in [0.15, 0.2) is 5.65 Å². The van der Waals surface area contributed by atoms with Crippen molar-refractivity contribution in [3.05, 3.63) is 11.5 Å². The quantitative estimate of drug-likeness (QED) is 0.814. The SMILES string of the molecule is Cc1nn(C)c2c1nc(CCCl)n2C1CCS(=O)CC1. The molecule has 0 radical (unpaired) electrons. The van der Waals surface area contributed by atoms with Gasteiger partial charge in [0.25, 0.3) is 0 Å². The Morgan fingerprint density at radius 1 is 1.40 bits per heavy atom. The lowest BCUT2D eigenvalue weighted by atomic mass is 10.1. The van der Waals surface area contributed by atoms with Crippen LogP contribution in [0, 0.1) is 6.92 Å². The van der Waals surface area contributed by atoms with Crippen LogP contribution in [0.4, 0.5) is 0 Å². The Balaban J connectivity index is 2.10. The molecule has 2 aromatic heterocycles. The highest BCUT2D eigenvalue weighted by Gasteiger charge is 2.26. The fourth-order valence-electron chi connectivity index (χ4n) is 3.02. The van der Waals surface area contributed by atoms with Crippen LogP contribution >= 0.6 is 11.6 Å². The van der Waals surface area contributed by atoms with E-state index in [1.807, 2.05) is 18.7 Å². The van der Waals surface area contributed by atoms with Crippen molar-refractivity contribution in [2.24, 2.45) is 7.05 Å². The lowest BCUT2D eigenvalue weighted by molar-refractivity contribution is 0.451. The molecule has 0 spiro atoms. The van der Waals surface area contributed by atoms with Gasteiger partial charge in [-0.15, -0.1) is 11.6 Å². The van der Waals surface area contributed by atoms with Gasteiger partial charge in [-0.25, -0.2) is 4.98 Å². The molecule has 110 valence electrons. The molecule has 0 bridgehead atoms. The van der Waals surface area contributed by atoms with Gasteiger partial charge in [0.1, 0.15) is 11.3 Å². The van der Waals surface area contributed by atoms with Gasteiger partial charge in [0.05, 0.1) is 5.69 Å². The first-order valence-electron chi connectivity index (χ1n) is 6.93. The molecule has 1 fully saturated rings. The third kappa shape index (κ3) is 2.29.